The predicted octanol–water partition coefficient (Wildman–Crippen LogP) is 2.18. The summed E-state index contributed by atoms with van der Waals surface area (Å²) in [5.41, 5.74) is 3.65. The third kappa shape index (κ3) is 2.82. The number of aromatic amines is 1. The maximum Gasteiger partial charge on any atom is 0.226 e. The fraction of sp³-hybridized carbons (Fsp3) is 0.444. The minimum absolute atomic E-state index is 0.0273. The molecular formula is C18H20FN3O2. The lowest BCUT2D eigenvalue weighted by molar-refractivity contribution is -0.140. The lowest BCUT2D eigenvalue weighted by Crippen LogP contribution is -2.44. The average molecular weight is 329 g/mol. The first kappa shape index (κ1) is 15.3. The highest BCUT2D eigenvalue weighted by Crippen LogP contribution is 2.33. The zero-order valence-electron chi connectivity index (χ0n) is 13.4. The molecule has 0 radical (unpaired) electrons. The highest BCUT2D eigenvalue weighted by atomic mass is 19.1. The summed E-state index contributed by atoms with van der Waals surface area (Å²) in [6.45, 7) is 2.57. The molecule has 1 saturated heterocycles. The van der Waals surface area contributed by atoms with Gasteiger partial charge in [0.25, 0.3) is 0 Å². The van der Waals surface area contributed by atoms with Gasteiger partial charge in [-0.2, -0.15) is 5.10 Å². The van der Waals surface area contributed by atoms with E-state index in [4.69, 9.17) is 4.74 Å². The number of nitrogens with one attached hydrogen (secondary N) is 1. The summed E-state index contributed by atoms with van der Waals surface area (Å²) in [5.74, 6) is -0.100. The molecule has 5 nitrogen and oxygen atoms in total. The molecule has 1 aliphatic heterocycles. The molecule has 1 amide bonds. The van der Waals surface area contributed by atoms with Crippen LogP contribution in [0.15, 0.2) is 24.3 Å². The second kappa shape index (κ2) is 6.36. The number of hydrogen-bond donors (Lipinski definition) is 1. The van der Waals surface area contributed by atoms with Crippen LogP contribution in [-0.4, -0.2) is 47.3 Å². The number of nitrogens with zero attached hydrogens (tertiary/aromatic N) is 2. The standard InChI is InChI=1S/C18H20FN3O2/c19-14-3-1-2-12(10-14)17-15-11-13(4-5-16(15)20-21-17)18(23)22-6-8-24-9-7-22/h1-3,10,13H,4-9,11H2,(H,20,21)/t13-/m0/s1. The van der Waals surface area contributed by atoms with Crippen molar-refractivity contribution in [1.29, 1.82) is 0 Å². The number of carbonyl (C=O) groups is 1. The van der Waals surface area contributed by atoms with Crippen molar-refractivity contribution in [2.75, 3.05) is 26.3 Å². The van der Waals surface area contributed by atoms with Crippen molar-refractivity contribution in [3.8, 4) is 11.3 Å². The third-order valence-electron chi connectivity index (χ3n) is 4.92. The summed E-state index contributed by atoms with van der Waals surface area (Å²) >= 11 is 0. The highest BCUT2D eigenvalue weighted by Gasteiger charge is 2.32. The lowest BCUT2D eigenvalue weighted by Gasteiger charge is -2.32. The molecule has 2 aliphatic rings. The number of H-pyrrole nitrogens is 1. The minimum Gasteiger partial charge on any atom is -0.378 e. The van der Waals surface area contributed by atoms with Crippen molar-refractivity contribution in [3.63, 3.8) is 0 Å². The number of aryl methyl sites for hydroxylation is 1. The van der Waals surface area contributed by atoms with Gasteiger partial charge in [0.1, 0.15) is 5.82 Å². The van der Waals surface area contributed by atoms with Gasteiger partial charge in [0, 0.05) is 35.8 Å². The normalized spacial score (nSPS) is 20.7. The van der Waals surface area contributed by atoms with E-state index in [0.717, 1.165) is 35.4 Å². The Labute approximate surface area is 139 Å². The van der Waals surface area contributed by atoms with Gasteiger partial charge in [0.15, 0.2) is 0 Å². The Kier molecular flexibility index (Phi) is 4.06. The first-order chi connectivity index (χ1) is 11.7. The number of rotatable bonds is 2. The van der Waals surface area contributed by atoms with Crippen LogP contribution in [0.5, 0.6) is 0 Å². The molecule has 1 aromatic heterocycles. The van der Waals surface area contributed by atoms with Gasteiger partial charge in [-0.25, -0.2) is 4.39 Å². The van der Waals surface area contributed by atoms with Crippen molar-refractivity contribution < 1.29 is 13.9 Å². The number of carbonyl (C=O) groups excluding carboxylic acids is 1. The predicted molar refractivity (Wildman–Crippen MR) is 86.9 cm³/mol. The molecule has 1 fully saturated rings. The molecule has 0 saturated carbocycles. The number of hydrogen-bond acceptors (Lipinski definition) is 3. The fourth-order valence-corrected chi connectivity index (χ4v) is 3.62. The van der Waals surface area contributed by atoms with Gasteiger partial charge in [-0.05, 0) is 31.4 Å². The topological polar surface area (TPSA) is 58.2 Å². The number of aromatic nitrogens is 2. The van der Waals surface area contributed by atoms with Crippen LogP contribution in [0.1, 0.15) is 17.7 Å². The zero-order valence-corrected chi connectivity index (χ0v) is 13.4. The van der Waals surface area contributed by atoms with Gasteiger partial charge < -0.3 is 9.64 Å². The fourth-order valence-electron chi connectivity index (χ4n) is 3.62. The molecule has 1 atom stereocenters. The van der Waals surface area contributed by atoms with E-state index in [0.29, 0.717) is 32.7 Å². The molecule has 126 valence electrons. The van der Waals surface area contributed by atoms with Crippen LogP contribution >= 0.6 is 0 Å². The van der Waals surface area contributed by atoms with Crippen LogP contribution in [0.2, 0.25) is 0 Å². The summed E-state index contributed by atoms with van der Waals surface area (Å²) in [7, 11) is 0. The van der Waals surface area contributed by atoms with Crippen LogP contribution in [0.3, 0.4) is 0 Å². The van der Waals surface area contributed by atoms with Crippen molar-refractivity contribution in [3.05, 3.63) is 41.3 Å². The monoisotopic (exact) mass is 329 g/mol. The van der Waals surface area contributed by atoms with Crippen LogP contribution in [-0.2, 0) is 22.4 Å². The molecule has 1 aliphatic carbocycles. The van der Waals surface area contributed by atoms with E-state index < -0.39 is 0 Å². The van der Waals surface area contributed by atoms with E-state index in [2.05, 4.69) is 10.2 Å². The van der Waals surface area contributed by atoms with Gasteiger partial charge >= 0.3 is 0 Å². The van der Waals surface area contributed by atoms with E-state index in [1.54, 1.807) is 6.07 Å². The molecule has 1 aromatic carbocycles. The Morgan fingerprint density at radius 2 is 2.17 bits per heavy atom. The number of amides is 1. The van der Waals surface area contributed by atoms with Crippen LogP contribution in [0.4, 0.5) is 4.39 Å². The van der Waals surface area contributed by atoms with E-state index >= 15 is 0 Å². The van der Waals surface area contributed by atoms with Crippen molar-refractivity contribution in [2.24, 2.45) is 5.92 Å². The average Bonchev–Trinajstić information content (AvgIpc) is 3.05. The number of morpholine rings is 1. The van der Waals surface area contributed by atoms with Crippen LogP contribution < -0.4 is 0 Å². The Bertz CT molecular complexity index is 752. The largest absolute Gasteiger partial charge is 0.378 e. The van der Waals surface area contributed by atoms with Gasteiger partial charge in [-0.3, -0.25) is 9.89 Å². The van der Waals surface area contributed by atoms with Crippen LogP contribution in [0, 0.1) is 11.7 Å². The zero-order chi connectivity index (χ0) is 16.5. The molecule has 0 spiro atoms. The second-order valence-corrected chi connectivity index (χ2v) is 6.42. The van der Waals surface area contributed by atoms with E-state index in [1.807, 2.05) is 11.0 Å². The molecule has 2 heterocycles. The van der Waals surface area contributed by atoms with Gasteiger partial charge in [0.05, 0.1) is 18.9 Å². The molecule has 24 heavy (non-hydrogen) atoms. The first-order valence-corrected chi connectivity index (χ1v) is 8.41. The lowest BCUT2D eigenvalue weighted by atomic mass is 9.84. The number of fused-ring (bicyclic) bond motifs is 1. The molecule has 4 rings (SSSR count). The van der Waals surface area contributed by atoms with Gasteiger partial charge in [-0.1, -0.05) is 12.1 Å². The summed E-state index contributed by atoms with van der Waals surface area (Å²) in [5, 5.41) is 7.44. The molecule has 0 bridgehead atoms. The number of halogens is 1. The summed E-state index contributed by atoms with van der Waals surface area (Å²) in [4.78, 5) is 14.7. The Hall–Kier alpha value is -2.21. The second-order valence-electron chi connectivity index (χ2n) is 6.42. The third-order valence-corrected chi connectivity index (χ3v) is 4.92. The number of ether oxygens (including phenoxy) is 1. The smallest absolute Gasteiger partial charge is 0.226 e. The van der Waals surface area contributed by atoms with Gasteiger partial charge in [-0.15, -0.1) is 0 Å². The van der Waals surface area contributed by atoms with E-state index in [9.17, 15) is 9.18 Å². The minimum atomic E-state index is -0.277. The molecular weight excluding hydrogens is 309 g/mol. The van der Waals surface area contributed by atoms with Crippen molar-refractivity contribution in [2.45, 2.75) is 19.3 Å². The Balaban J connectivity index is 1.58. The molecule has 6 heteroatoms. The van der Waals surface area contributed by atoms with Crippen LogP contribution in [0.25, 0.3) is 11.3 Å². The van der Waals surface area contributed by atoms with Gasteiger partial charge in [0.2, 0.25) is 5.91 Å². The SMILES string of the molecule is O=C([C@H]1CCc2[nH]nc(-c3cccc(F)c3)c2C1)N1CCOCC1. The molecule has 0 unspecified atom stereocenters. The molecule has 2 aromatic rings. The van der Waals surface area contributed by atoms with Crippen molar-refractivity contribution in [1.82, 2.24) is 15.1 Å². The summed E-state index contributed by atoms with van der Waals surface area (Å²) in [6.07, 6.45) is 2.29. The Morgan fingerprint density at radius 1 is 1.33 bits per heavy atom. The Morgan fingerprint density at radius 3 is 2.96 bits per heavy atom. The van der Waals surface area contributed by atoms with E-state index in [-0.39, 0.29) is 17.6 Å². The number of benzene rings is 1. The quantitative estimate of drug-likeness (QED) is 0.919. The maximum absolute atomic E-state index is 13.5. The maximum atomic E-state index is 13.5. The molecule has 1 N–H and O–H groups in total. The summed E-state index contributed by atoms with van der Waals surface area (Å²) < 4.78 is 18.9. The van der Waals surface area contributed by atoms with E-state index in [1.165, 1.54) is 12.1 Å². The highest BCUT2D eigenvalue weighted by molar-refractivity contribution is 5.80. The first-order valence-electron chi connectivity index (χ1n) is 8.41. The summed E-state index contributed by atoms with van der Waals surface area (Å²) in [6, 6.07) is 6.45. The van der Waals surface area contributed by atoms with Crippen molar-refractivity contribution >= 4 is 5.91 Å².